The van der Waals surface area contributed by atoms with Gasteiger partial charge in [-0.15, -0.1) is 0 Å². The van der Waals surface area contributed by atoms with Crippen molar-refractivity contribution in [3.8, 4) is 11.5 Å². The van der Waals surface area contributed by atoms with Gasteiger partial charge >= 0.3 is 11.7 Å². The Kier molecular flexibility index (Phi) is 5.00. The number of hydrogen-bond acceptors (Lipinski definition) is 7. The maximum Gasteiger partial charge on any atom is 0.349 e. The number of non-ortho nitro benzene ring substituents is 1. The molecule has 0 fully saturated rings. The van der Waals surface area contributed by atoms with Crippen molar-refractivity contribution in [2.24, 2.45) is 0 Å². The zero-order chi connectivity index (χ0) is 17.7. The van der Waals surface area contributed by atoms with Crippen molar-refractivity contribution in [2.45, 2.75) is 0 Å². The van der Waals surface area contributed by atoms with Gasteiger partial charge in [0.15, 0.2) is 6.61 Å². The zero-order valence-electron chi connectivity index (χ0n) is 11.9. The number of esters is 1. The van der Waals surface area contributed by atoms with Gasteiger partial charge in [-0.05, 0) is 12.1 Å². The summed E-state index contributed by atoms with van der Waals surface area (Å²) in [6.07, 6.45) is 0. The SMILES string of the molecule is O=C(COc1cccc([N+](=O)[O-])c1)Oc1cc(F)ccc1[N+](=O)[O-]. The minimum atomic E-state index is -1.03. The van der Waals surface area contributed by atoms with Crippen molar-refractivity contribution >= 4 is 17.3 Å². The lowest BCUT2D eigenvalue weighted by Gasteiger charge is -2.07. The average molecular weight is 336 g/mol. The first-order valence-electron chi connectivity index (χ1n) is 6.38. The molecule has 24 heavy (non-hydrogen) atoms. The molecule has 2 aromatic carbocycles. The van der Waals surface area contributed by atoms with E-state index in [2.05, 4.69) is 0 Å². The van der Waals surface area contributed by atoms with E-state index in [-0.39, 0.29) is 11.4 Å². The Hall–Kier alpha value is -3.56. The summed E-state index contributed by atoms with van der Waals surface area (Å²) in [6.45, 7) is -0.672. The molecule has 0 amide bonds. The standard InChI is InChI=1S/C14H9FN2O7/c15-9-4-5-12(17(21)22)13(6-9)24-14(18)8-23-11-3-1-2-10(7-11)16(19)20/h1-7H,8H2. The molecule has 124 valence electrons. The summed E-state index contributed by atoms with van der Waals surface area (Å²) in [5.41, 5.74) is -0.818. The van der Waals surface area contributed by atoms with Crippen LogP contribution in [0.1, 0.15) is 0 Å². The highest BCUT2D eigenvalue weighted by Crippen LogP contribution is 2.27. The number of carbonyl (C=O) groups is 1. The van der Waals surface area contributed by atoms with E-state index in [0.29, 0.717) is 6.07 Å². The van der Waals surface area contributed by atoms with Gasteiger partial charge < -0.3 is 9.47 Å². The van der Waals surface area contributed by atoms with Crippen molar-refractivity contribution in [1.82, 2.24) is 0 Å². The highest BCUT2D eigenvalue weighted by Gasteiger charge is 2.19. The molecule has 2 rings (SSSR count). The monoisotopic (exact) mass is 336 g/mol. The number of ether oxygens (including phenoxy) is 2. The number of nitrogens with zero attached hydrogens (tertiary/aromatic N) is 2. The first kappa shape index (κ1) is 16.8. The molecule has 0 heterocycles. The molecule has 0 spiro atoms. The molecule has 0 radical (unpaired) electrons. The molecule has 2 aromatic rings. The van der Waals surface area contributed by atoms with Gasteiger partial charge in [-0.1, -0.05) is 6.07 Å². The summed E-state index contributed by atoms with van der Waals surface area (Å²) in [7, 11) is 0. The number of carbonyl (C=O) groups excluding carboxylic acids is 1. The molecule has 0 aromatic heterocycles. The predicted molar refractivity (Wildman–Crippen MR) is 77.3 cm³/mol. The second-order valence-electron chi connectivity index (χ2n) is 4.39. The summed E-state index contributed by atoms with van der Waals surface area (Å²) >= 11 is 0. The molecular weight excluding hydrogens is 327 g/mol. The van der Waals surface area contributed by atoms with E-state index in [9.17, 15) is 29.4 Å². The Morgan fingerprint density at radius 2 is 1.83 bits per heavy atom. The number of hydrogen-bond donors (Lipinski definition) is 0. The number of benzene rings is 2. The van der Waals surface area contributed by atoms with Gasteiger partial charge in [-0.3, -0.25) is 20.2 Å². The lowest BCUT2D eigenvalue weighted by atomic mass is 10.3. The first-order valence-corrected chi connectivity index (χ1v) is 6.38. The average Bonchev–Trinajstić information content (AvgIpc) is 2.53. The maximum atomic E-state index is 13.1. The molecule has 0 saturated heterocycles. The first-order chi connectivity index (χ1) is 11.4. The lowest BCUT2D eigenvalue weighted by molar-refractivity contribution is -0.385. The second kappa shape index (κ2) is 7.13. The van der Waals surface area contributed by atoms with Crippen molar-refractivity contribution in [3.05, 3.63) is 68.5 Å². The van der Waals surface area contributed by atoms with E-state index >= 15 is 0 Å². The van der Waals surface area contributed by atoms with Crippen LogP contribution in [0.5, 0.6) is 11.5 Å². The summed E-state index contributed by atoms with van der Waals surface area (Å²) in [6, 6.07) is 7.48. The van der Waals surface area contributed by atoms with E-state index in [1.807, 2.05) is 0 Å². The summed E-state index contributed by atoms with van der Waals surface area (Å²) in [4.78, 5) is 31.6. The molecule has 9 nitrogen and oxygen atoms in total. The number of nitro benzene ring substituents is 2. The van der Waals surface area contributed by atoms with Crippen molar-refractivity contribution < 1.29 is 28.5 Å². The van der Waals surface area contributed by atoms with Gasteiger partial charge in [0.25, 0.3) is 5.69 Å². The third-order valence-corrected chi connectivity index (χ3v) is 2.73. The largest absolute Gasteiger partial charge is 0.482 e. The minimum absolute atomic E-state index is 0.0369. The molecule has 0 aliphatic heterocycles. The fourth-order valence-electron chi connectivity index (χ4n) is 1.70. The van der Waals surface area contributed by atoms with Crippen LogP contribution in [0.4, 0.5) is 15.8 Å². The Labute approximate surface area is 133 Å². The smallest absolute Gasteiger partial charge is 0.349 e. The topological polar surface area (TPSA) is 122 Å². The second-order valence-corrected chi connectivity index (χ2v) is 4.39. The van der Waals surface area contributed by atoms with E-state index in [1.54, 1.807) is 0 Å². The third kappa shape index (κ3) is 4.22. The lowest BCUT2D eigenvalue weighted by Crippen LogP contribution is -2.18. The molecule has 0 bridgehead atoms. The van der Waals surface area contributed by atoms with Gasteiger partial charge in [-0.2, -0.15) is 0 Å². The van der Waals surface area contributed by atoms with E-state index < -0.39 is 39.7 Å². The molecule has 0 N–H and O–H groups in total. The molecule has 0 unspecified atom stereocenters. The molecule has 0 aliphatic rings. The highest BCUT2D eigenvalue weighted by atomic mass is 19.1. The minimum Gasteiger partial charge on any atom is -0.482 e. The number of halogens is 1. The maximum absolute atomic E-state index is 13.1. The van der Waals surface area contributed by atoms with E-state index in [0.717, 1.165) is 18.2 Å². The molecule has 10 heteroatoms. The third-order valence-electron chi connectivity index (χ3n) is 2.73. The van der Waals surface area contributed by atoms with Crippen LogP contribution in [-0.4, -0.2) is 22.4 Å². The molecule has 0 saturated carbocycles. The molecule has 0 aliphatic carbocycles. The van der Waals surface area contributed by atoms with E-state index in [1.165, 1.54) is 18.2 Å². The van der Waals surface area contributed by atoms with Gasteiger partial charge in [0.05, 0.1) is 15.9 Å². The van der Waals surface area contributed by atoms with Gasteiger partial charge in [-0.25, -0.2) is 9.18 Å². The quantitative estimate of drug-likeness (QED) is 0.344. The van der Waals surface area contributed by atoms with Crippen LogP contribution < -0.4 is 9.47 Å². The van der Waals surface area contributed by atoms with Crippen LogP contribution >= 0.6 is 0 Å². The normalized spacial score (nSPS) is 10.0. The fraction of sp³-hybridized carbons (Fsp3) is 0.0714. The Morgan fingerprint density at radius 1 is 1.08 bits per heavy atom. The van der Waals surface area contributed by atoms with Crippen LogP contribution in [0.25, 0.3) is 0 Å². The zero-order valence-corrected chi connectivity index (χ0v) is 11.9. The summed E-state index contributed by atoms with van der Waals surface area (Å²) in [5, 5.41) is 21.4. The molecular formula is C14H9FN2O7. The van der Waals surface area contributed by atoms with Gasteiger partial charge in [0.2, 0.25) is 5.75 Å². The van der Waals surface area contributed by atoms with Crippen LogP contribution in [0.15, 0.2) is 42.5 Å². The van der Waals surface area contributed by atoms with E-state index in [4.69, 9.17) is 9.47 Å². The fourth-order valence-corrected chi connectivity index (χ4v) is 1.70. The number of rotatable bonds is 6. The Morgan fingerprint density at radius 3 is 2.50 bits per heavy atom. The summed E-state index contributed by atoms with van der Waals surface area (Å²) < 4.78 is 22.8. The number of nitro groups is 2. The Balaban J connectivity index is 2.04. The van der Waals surface area contributed by atoms with Crippen molar-refractivity contribution in [3.63, 3.8) is 0 Å². The van der Waals surface area contributed by atoms with Crippen molar-refractivity contribution in [1.29, 1.82) is 0 Å². The Bertz CT molecular complexity index is 809. The van der Waals surface area contributed by atoms with Crippen LogP contribution in [-0.2, 0) is 4.79 Å². The summed E-state index contributed by atoms with van der Waals surface area (Å²) in [5.74, 6) is -2.37. The van der Waals surface area contributed by atoms with Crippen LogP contribution in [0.3, 0.4) is 0 Å². The predicted octanol–water partition coefficient (Wildman–Crippen LogP) is 2.63. The molecule has 0 atom stereocenters. The van der Waals surface area contributed by atoms with Crippen LogP contribution in [0, 0.1) is 26.0 Å². The van der Waals surface area contributed by atoms with Gasteiger partial charge in [0.1, 0.15) is 11.6 Å². The van der Waals surface area contributed by atoms with Crippen molar-refractivity contribution in [2.75, 3.05) is 6.61 Å². The van der Waals surface area contributed by atoms with Gasteiger partial charge in [0, 0.05) is 18.2 Å². The highest BCUT2D eigenvalue weighted by molar-refractivity contribution is 5.75. The van der Waals surface area contributed by atoms with Crippen LogP contribution in [0.2, 0.25) is 0 Å².